The molecule has 1 amide bonds. The van der Waals surface area contributed by atoms with E-state index in [-0.39, 0.29) is 11.3 Å². The maximum absolute atomic E-state index is 12.9. The topological polar surface area (TPSA) is 42.3 Å². The van der Waals surface area contributed by atoms with Gasteiger partial charge in [-0.05, 0) is 37.8 Å². The number of nitrogens with zero attached hydrogens (tertiary/aromatic N) is 2. The largest absolute Gasteiger partial charge is 0.343 e. The summed E-state index contributed by atoms with van der Waals surface area (Å²) >= 11 is 0. The van der Waals surface area contributed by atoms with Gasteiger partial charge < -0.3 is 9.47 Å². The number of carbonyl (C=O) groups is 1. The molecule has 4 nitrogen and oxygen atoms in total. The highest BCUT2D eigenvalue weighted by Gasteiger charge is 2.26. The van der Waals surface area contributed by atoms with Crippen molar-refractivity contribution in [1.82, 2.24) is 9.47 Å². The first-order valence-electron chi connectivity index (χ1n) is 8.63. The van der Waals surface area contributed by atoms with E-state index in [4.69, 9.17) is 0 Å². The van der Waals surface area contributed by atoms with Crippen molar-refractivity contribution in [2.24, 2.45) is 0 Å². The molecule has 0 saturated carbocycles. The van der Waals surface area contributed by atoms with Crippen LogP contribution in [0.15, 0.2) is 29.2 Å². The number of rotatable bonds is 1. The molecule has 0 aliphatic carbocycles. The summed E-state index contributed by atoms with van der Waals surface area (Å²) in [6.07, 6.45) is 7.15. The van der Waals surface area contributed by atoms with E-state index in [1.54, 1.807) is 6.20 Å². The van der Waals surface area contributed by atoms with Crippen molar-refractivity contribution in [1.29, 1.82) is 0 Å². The van der Waals surface area contributed by atoms with Crippen LogP contribution >= 0.6 is 0 Å². The van der Waals surface area contributed by atoms with Gasteiger partial charge in [0.1, 0.15) is 5.56 Å². The van der Waals surface area contributed by atoms with Crippen LogP contribution in [-0.2, 0) is 6.42 Å². The zero-order valence-corrected chi connectivity index (χ0v) is 13.5. The zero-order chi connectivity index (χ0) is 16.0. The highest BCUT2D eigenvalue weighted by Crippen LogP contribution is 2.31. The number of benzene rings is 1. The SMILES string of the molecule is C[C@H]1Cc2cccc3c(=O)c(C(=O)N4CCCCCC4)cn1c23. The van der Waals surface area contributed by atoms with E-state index in [1.807, 2.05) is 17.0 Å². The van der Waals surface area contributed by atoms with E-state index in [2.05, 4.69) is 17.6 Å². The summed E-state index contributed by atoms with van der Waals surface area (Å²) in [5, 5.41) is 0.688. The molecule has 4 heteroatoms. The van der Waals surface area contributed by atoms with E-state index >= 15 is 0 Å². The lowest BCUT2D eigenvalue weighted by molar-refractivity contribution is 0.0759. The quantitative estimate of drug-likeness (QED) is 0.812. The lowest BCUT2D eigenvalue weighted by atomic mass is 10.1. The third kappa shape index (κ3) is 2.28. The van der Waals surface area contributed by atoms with Crippen LogP contribution in [0.2, 0.25) is 0 Å². The molecule has 1 aromatic heterocycles. The van der Waals surface area contributed by atoms with Crippen LogP contribution in [0.1, 0.15) is 54.6 Å². The fourth-order valence-electron chi connectivity index (χ4n) is 4.01. The fraction of sp³-hybridized carbons (Fsp3) is 0.474. The maximum atomic E-state index is 12.9. The van der Waals surface area contributed by atoms with Gasteiger partial charge in [0.05, 0.1) is 5.52 Å². The van der Waals surface area contributed by atoms with Crippen LogP contribution < -0.4 is 5.43 Å². The Balaban J connectivity index is 1.84. The molecule has 0 bridgehead atoms. The monoisotopic (exact) mass is 310 g/mol. The molecule has 2 aromatic rings. The Morgan fingerprint density at radius 1 is 1.13 bits per heavy atom. The molecule has 4 rings (SSSR count). The Hall–Kier alpha value is -2.10. The Morgan fingerprint density at radius 3 is 2.61 bits per heavy atom. The molecule has 2 aliphatic rings. The van der Waals surface area contributed by atoms with Gasteiger partial charge in [-0.2, -0.15) is 0 Å². The normalized spacial score (nSPS) is 20.7. The number of carbonyl (C=O) groups excluding carboxylic acids is 1. The summed E-state index contributed by atoms with van der Waals surface area (Å²) in [6, 6.07) is 6.17. The molecule has 1 saturated heterocycles. The predicted molar refractivity (Wildman–Crippen MR) is 91.0 cm³/mol. The standard InChI is InChI=1S/C19H22N2O2/c1-13-11-14-7-6-8-15-17(14)21(13)12-16(18(15)22)19(23)20-9-4-2-3-5-10-20/h6-8,12-13H,2-5,9-11H2,1H3/t13-/m0/s1. The summed E-state index contributed by atoms with van der Waals surface area (Å²) in [5.41, 5.74) is 2.45. The molecule has 3 heterocycles. The Kier molecular flexibility index (Phi) is 3.47. The zero-order valence-electron chi connectivity index (χ0n) is 13.5. The second-order valence-corrected chi connectivity index (χ2v) is 6.85. The lowest BCUT2D eigenvalue weighted by Gasteiger charge is -2.21. The number of likely N-dealkylation sites (tertiary alicyclic amines) is 1. The second kappa shape index (κ2) is 5.52. The van der Waals surface area contributed by atoms with E-state index in [9.17, 15) is 9.59 Å². The molecule has 0 unspecified atom stereocenters. The van der Waals surface area contributed by atoms with Gasteiger partial charge in [0.15, 0.2) is 0 Å². The number of para-hydroxylation sites is 1. The van der Waals surface area contributed by atoms with Crippen LogP contribution in [0.5, 0.6) is 0 Å². The number of amides is 1. The van der Waals surface area contributed by atoms with E-state index < -0.39 is 0 Å². The van der Waals surface area contributed by atoms with Crippen molar-refractivity contribution in [2.45, 2.75) is 45.1 Å². The average Bonchev–Trinajstić information content (AvgIpc) is 2.75. The molecule has 23 heavy (non-hydrogen) atoms. The van der Waals surface area contributed by atoms with Gasteiger partial charge in [0.2, 0.25) is 5.43 Å². The Bertz CT molecular complexity index is 829. The summed E-state index contributed by atoms with van der Waals surface area (Å²) in [6.45, 7) is 3.68. The van der Waals surface area contributed by atoms with Gasteiger partial charge in [-0.1, -0.05) is 25.0 Å². The van der Waals surface area contributed by atoms with E-state index in [0.29, 0.717) is 17.0 Å². The summed E-state index contributed by atoms with van der Waals surface area (Å²) < 4.78 is 2.12. The van der Waals surface area contributed by atoms with Crippen LogP contribution in [0.3, 0.4) is 0 Å². The van der Waals surface area contributed by atoms with Crippen molar-refractivity contribution in [3.63, 3.8) is 0 Å². The smallest absolute Gasteiger partial charge is 0.259 e. The second-order valence-electron chi connectivity index (χ2n) is 6.85. The van der Waals surface area contributed by atoms with Gasteiger partial charge in [0, 0.05) is 30.7 Å². The number of hydrogen-bond acceptors (Lipinski definition) is 2. The minimum Gasteiger partial charge on any atom is -0.343 e. The highest BCUT2D eigenvalue weighted by atomic mass is 16.2. The van der Waals surface area contributed by atoms with Crippen LogP contribution in [0, 0.1) is 0 Å². The average molecular weight is 310 g/mol. The van der Waals surface area contributed by atoms with Gasteiger partial charge >= 0.3 is 0 Å². The van der Waals surface area contributed by atoms with Crippen LogP contribution in [0.4, 0.5) is 0 Å². The molecule has 1 atom stereocenters. The minimum atomic E-state index is -0.110. The number of aromatic nitrogens is 1. The predicted octanol–water partition coefficient (Wildman–Crippen LogP) is 3.13. The van der Waals surface area contributed by atoms with Crippen molar-refractivity contribution in [3.8, 4) is 0 Å². The minimum absolute atomic E-state index is 0.0907. The van der Waals surface area contributed by atoms with Crippen molar-refractivity contribution < 1.29 is 4.79 Å². The summed E-state index contributed by atoms with van der Waals surface area (Å²) in [7, 11) is 0. The molecule has 2 aliphatic heterocycles. The van der Waals surface area contributed by atoms with Crippen LogP contribution in [-0.4, -0.2) is 28.5 Å². The lowest BCUT2D eigenvalue weighted by Crippen LogP contribution is -2.35. The number of hydrogen-bond donors (Lipinski definition) is 0. The third-order valence-electron chi connectivity index (χ3n) is 5.25. The molecule has 1 fully saturated rings. The van der Waals surface area contributed by atoms with Crippen LogP contribution in [0.25, 0.3) is 10.9 Å². The maximum Gasteiger partial charge on any atom is 0.259 e. The molecule has 0 N–H and O–H groups in total. The molecule has 0 spiro atoms. The van der Waals surface area contributed by atoms with E-state index in [0.717, 1.165) is 37.9 Å². The first-order valence-corrected chi connectivity index (χ1v) is 8.63. The highest BCUT2D eigenvalue weighted by molar-refractivity contribution is 5.98. The third-order valence-corrected chi connectivity index (χ3v) is 5.25. The van der Waals surface area contributed by atoms with Gasteiger partial charge in [-0.3, -0.25) is 9.59 Å². The first-order chi connectivity index (χ1) is 11.2. The summed E-state index contributed by atoms with van der Waals surface area (Å²) in [5.74, 6) is -0.0907. The molecule has 120 valence electrons. The van der Waals surface area contributed by atoms with E-state index in [1.165, 1.54) is 18.4 Å². The summed E-state index contributed by atoms with van der Waals surface area (Å²) in [4.78, 5) is 27.7. The van der Waals surface area contributed by atoms with Crippen molar-refractivity contribution in [3.05, 3.63) is 45.7 Å². The van der Waals surface area contributed by atoms with Crippen molar-refractivity contribution >= 4 is 16.8 Å². The Labute approximate surface area is 135 Å². The molecule has 0 radical (unpaired) electrons. The van der Waals surface area contributed by atoms with Gasteiger partial charge in [0.25, 0.3) is 5.91 Å². The Morgan fingerprint density at radius 2 is 1.87 bits per heavy atom. The molecule has 1 aromatic carbocycles. The fourth-order valence-corrected chi connectivity index (χ4v) is 4.01. The molecular formula is C19H22N2O2. The van der Waals surface area contributed by atoms with Gasteiger partial charge in [-0.25, -0.2) is 0 Å². The van der Waals surface area contributed by atoms with Crippen molar-refractivity contribution in [2.75, 3.05) is 13.1 Å². The first kappa shape index (κ1) is 14.5. The number of pyridine rings is 1. The molecular weight excluding hydrogens is 288 g/mol. The van der Waals surface area contributed by atoms with Gasteiger partial charge in [-0.15, -0.1) is 0 Å².